The molecular formula is C20H18N6O7S3. The third-order valence-corrected chi connectivity index (χ3v) is 8.49. The molecule has 0 bridgehead atoms. The number of aromatic nitrogens is 1. The maximum Gasteiger partial charge on any atom is 0.354 e. The Morgan fingerprint density at radius 1 is 1.42 bits per heavy atom. The van der Waals surface area contributed by atoms with E-state index in [1.807, 2.05) is 0 Å². The number of aliphatic carboxylic acids is 1. The molecule has 0 aliphatic carbocycles. The van der Waals surface area contributed by atoms with E-state index in [1.54, 1.807) is 12.1 Å². The molecule has 1 saturated heterocycles. The highest BCUT2D eigenvalue weighted by atomic mass is 32.2. The van der Waals surface area contributed by atoms with Gasteiger partial charge in [0.15, 0.2) is 16.5 Å². The quantitative estimate of drug-likeness (QED) is 0.178. The number of carbonyl (C=O) groups is 3. The van der Waals surface area contributed by atoms with Crippen LogP contribution < -0.4 is 11.1 Å². The van der Waals surface area contributed by atoms with Gasteiger partial charge in [-0.2, -0.15) is 0 Å². The Morgan fingerprint density at radius 2 is 2.14 bits per heavy atom. The van der Waals surface area contributed by atoms with Crippen LogP contribution in [0, 0.1) is 10.1 Å². The zero-order valence-electron chi connectivity index (χ0n) is 18.4. The number of nitrogen functional groups attached to an aromatic ring is 1. The molecule has 2 atom stereocenters. The number of carboxylic acid groups (broad SMARTS) is 1. The van der Waals surface area contributed by atoms with E-state index in [2.05, 4.69) is 15.5 Å². The molecule has 0 spiro atoms. The van der Waals surface area contributed by atoms with Crippen LogP contribution in [-0.2, 0) is 25.0 Å². The van der Waals surface area contributed by atoms with Gasteiger partial charge in [-0.15, -0.1) is 34.9 Å². The van der Waals surface area contributed by atoms with Crippen molar-refractivity contribution >= 4 is 69.2 Å². The normalized spacial score (nSPS) is 19.4. The summed E-state index contributed by atoms with van der Waals surface area (Å²) in [5, 5.41) is 28.7. The van der Waals surface area contributed by atoms with Crippen LogP contribution in [0.2, 0.25) is 0 Å². The van der Waals surface area contributed by atoms with Gasteiger partial charge in [0.05, 0.1) is 15.2 Å². The maximum absolute atomic E-state index is 12.9. The Labute approximate surface area is 215 Å². The molecule has 1 fully saturated rings. The number of β-lactam (4-membered cyclic amide) rings is 1. The third kappa shape index (κ3) is 5.00. The van der Waals surface area contributed by atoms with E-state index >= 15 is 0 Å². The van der Waals surface area contributed by atoms with Crippen LogP contribution in [0.1, 0.15) is 11.3 Å². The van der Waals surface area contributed by atoms with Crippen molar-refractivity contribution in [2.45, 2.75) is 17.8 Å². The van der Waals surface area contributed by atoms with Gasteiger partial charge in [-0.25, -0.2) is 9.78 Å². The molecule has 2 unspecified atom stereocenters. The van der Waals surface area contributed by atoms with E-state index < -0.39 is 34.8 Å². The number of amides is 2. The lowest BCUT2D eigenvalue weighted by Crippen LogP contribution is -2.72. The number of nitro groups is 1. The largest absolute Gasteiger partial charge is 0.477 e. The van der Waals surface area contributed by atoms with Gasteiger partial charge in [-0.1, -0.05) is 17.3 Å². The number of nitro benzene ring substituents is 1. The number of carbonyl (C=O) groups excluding carboxylic acids is 2. The fraction of sp³-hybridized carbons (Fsp3) is 0.250. The van der Waals surface area contributed by atoms with Crippen LogP contribution in [0.15, 0.2) is 44.7 Å². The number of fused-ring (bicyclic) bond motifs is 1. The topological polar surface area (TPSA) is 190 Å². The first-order valence-corrected chi connectivity index (χ1v) is 13.0. The van der Waals surface area contributed by atoms with Crippen LogP contribution in [0.25, 0.3) is 0 Å². The van der Waals surface area contributed by atoms with Gasteiger partial charge in [0.1, 0.15) is 18.8 Å². The summed E-state index contributed by atoms with van der Waals surface area (Å²) in [6.45, 7) is 0. The van der Waals surface area contributed by atoms with Gasteiger partial charge in [-0.05, 0) is 5.56 Å². The summed E-state index contributed by atoms with van der Waals surface area (Å²) in [5.74, 6) is -1.82. The van der Waals surface area contributed by atoms with Crippen molar-refractivity contribution in [3.63, 3.8) is 0 Å². The highest BCUT2D eigenvalue weighted by Gasteiger charge is 2.54. The first-order valence-electron chi connectivity index (χ1n) is 10.1. The van der Waals surface area contributed by atoms with Crippen molar-refractivity contribution in [3.05, 3.63) is 61.0 Å². The number of hydrogen-bond acceptors (Lipinski definition) is 12. The zero-order chi connectivity index (χ0) is 26.0. The summed E-state index contributed by atoms with van der Waals surface area (Å²) in [6, 6.07) is 4.43. The molecule has 0 radical (unpaired) electrons. The number of thiazole rings is 1. The van der Waals surface area contributed by atoms with Crippen molar-refractivity contribution in [1.82, 2.24) is 15.2 Å². The number of non-ortho nitro benzene ring substituents is 1. The fourth-order valence-corrected chi connectivity index (χ4v) is 6.60. The fourth-order valence-electron chi connectivity index (χ4n) is 3.54. The average molecular weight is 551 g/mol. The molecule has 4 rings (SSSR count). The first-order chi connectivity index (χ1) is 17.2. The minimum atomic E-state index is -1.27. The number of rotatable bonds is 9. The standard InChI is InChI=1S/C20H18N6O7S3/c1-33-24-13(11-7-36-20(21)22-11)16(27)23-14-12-8-35-19(15(18(29)30)25(12)17(14)28)34-6-9-2-4-10(5-3-9)26(31)32/h2-5,7,12,14H,6,8H2,1H3,(H2,21,22)(H,23,27)(H,29,30). The Balaban J connectivity index is 1.47. The molecule has 2 aromatic rings. The summed E-state index contributed by atoms with van der Waals surface area (Å²) in [4.78, 5) is 58.0. The number of thioether (sulfide) groups is 2. The maximum atomic E-state index is 12.9. The smallest absolute Gasteiger partial charge is 0.354 e. The summed E-state index contributed by atoms with van der Waals surface area (Å²) in [5.41, 5.74) is 6.22. The van der Waals surface area contributed by atoms with Crippen molar-refractivity contribution in [1.29, 1.82) is 0 Å². The van der Waals surface area contributed by atoms with E-state index in [4.69, 9.17) is 10.6 Å². The van der Waals surface area contributed by atoms with Crippen LogP contribution >= 0.6 is 34.9 Å². The van der Waals surface area contributed by atoms with Crippen molar-refractivity contribution < 1.29 is 29.3 Å². The molecule has 188 valence electrons. The van der Waals surface area contributed by atoms with Crippen molar-refractivity contribution in [2.75, 3.05) is 18.6 Å². The summed E-state index contributed by atoms with van der Waals surface area (Å²) < 4.78 is 0.440. The molecule has 16 heteroatoms. The van der Waals surface area contributed by atoms with Gasteiger partial charge in [-0.3, -0.25) is 24.6 Å². The predicted molar refractivity (Wildman–Crippen MR) is 134 cm³/mol. The SMILES string of the molecule is CON=C(C(=O)NC1C(=O)N2C(C(=O)O)=C(SCc3ccc([N+](=O)[O-])cc3)SCC12)c1csc(N)n1. The Kier molecular flexibility index (Phi) is 7.46. The molecule has 4 N–H and O–H groups in total. The molecule has 3 heterocycles. The lowest BCUT2D eigenvalue weighted by atomic mass is 9.95. The van der Waals surface area contributed by atoms with Crippen LogP contribution in [0.3, 0.4) is 0 Å². The van der Waals surface area contributed by atoms with Crippen molar-refractivity contribution in [3.8, 4) is 0 Å². The molecule has 2 aliphatic rings. The van der Waals surface area contributed by atoms with Crippen LogP contribution in [0.4, 0.5) is 10.8 Å². The highest BCUT2D eigenvalue weighted by Crippen LogP contribution is 2.44. The molecule has 0 saturated carbocycles. The number of oxime groups is 1. The lowest BCUT2D eigenvalue weighted by molar-refractivity contribution is -0.384. The molecule has 1 aromatic heterocycles. The van der Waals surface area contributed by atoms with Crippen LogP contribution in [-0.4, -0.2) is 68.4 Å². The minimum absolute atomic E-state index is 0.0414. The van der Waals surface area contributed by atoms with Crippen molar-refractivity contribution in [2.24, 2.45) is 5.16 Å². The number of nitrogens with two attached hydrogens (primary N) is 1. The molecule has 13 nitrogen and oxygen atoms in total. The third-order valence-electron chi connectivity index (χ3n) is 5.21. The molecule has 2 aliphatic heterocycles. The van der Waals surface area contributed by atoms with Gasteiger partial charge < -0.3 is 21.0 Å². The molecular weight excluding hydrogens is 532 g/mol. The number of anilines is 1. The van der Waals surface area contributed by atoms with E-state index in [1.165, 1.54) is 53.0 Å². The second kappa shape index (κ2) is 10.5. The van der Waals surface area contributed by atoms with Crippen LogP contribution in [0.5, 0.6) is 0 Å². The molecule has 1 aromatic carbocycles. The van der Waals surface area contributed by atoms with E-state index in [9.17, 15) is 29.6 Å². The Bertz CT molecular complexity index is 1290. The lowest BCUT2D eigenvalue weighted by Gasteiger charge is -2.49. The molecule has 2 amide bonds. The average Bonchev–Trinajstić information content (AvgIpc) is 3.29. The summed E-state index contributed by atoms with van der Waals surface area (Å²) >= 11 is 3.60. The van der Waals surface area contributed by atoms with Gasteiger partial charge in [0.25, 0.3) is 17.5 Å². The highest BCUT2D eigenvalue weighted by molar-refractivity contribution is 8.22. The number of nitrogens with zero attached hydrogens (tertiary/aromatic N) is 4. The summed E-state index contributed by atoms with van der Waals surface area (Å²) in [7, 11) is 1.26. The number of carboxylic acids is 1. The number of hydrogen-bond donors (Lipinski definition) is 3. The minimum Gasteiger partial charge on any atom is -0.477 e. The monoisotopic (exact) mass is 550 g/mol. The second-order valence-corrected chi connectivity index (χ2v) is 10.5. The van der Waals surface area contributed by atoms with Gasteiger partial charge in [0, 0.05) is 29.0 Å². The Morgan fingerprint density at radius 3 is 2.72 bits per heavy atom. The predicted octanol–water partition coefficient (Wildman–Crippen LogP) is 1.61. The van der Waals surface area contributed by atoms with E-state index in [-0.39, 0.29) is 27.9 Å². The zero-order valence-corrected chi connectivity index (χ0v) is 20.9. The first kappa shape index (κ1) is 25.5. The van der Waals surface area contributed by atoms with E-state index in [0.717, 1.165) is 16.9 Å². The second-order valence-electron chi connectivity index (χ2n) is 7.38. The van der Waals surface area contributed by atoms with E-state index in [0.29, 0.717) is 15.7 Å². The van der Waals surface area contributed by atoms with Gasteiger partial charge >= 0.3 is 5.97 Å². The number of nitrogens with one attached hydrogen (secondary N) is 1. The molecule has 36 heavy (non-hydrogen) atoms. The Hall–Kier alpha value is -3.63. The summed E-state index contributed by atoms with van der Waals surface area (Å²) in [6.07, 6.45) is 0. The number of benzene rings is 1. The van der Waals surface area contributed by atoms with Gasteiger partial charge in [0.2, 0.25) is 0 Å².